The smallest absolute Gasteiger partial charge is 0.416 e. The molecule has 5 nitrogen and oxygen atoms in total. The lowest BCUT2D eigenvalue weighted by atomic mass is 10.1. The molecule has 3 aromatic heterocycles. The predicted molar refractivity (Wildman–Crippen MR) is 120 cm³/mol. The average molecular weight is 461 g/mol. The van der Waals surface area contributed by atoms with Gasteiger partial charge >= 0.3 is 6.18 Å². The number of benzene rings is 1. The molecule has 0 saturated carbocycles. The van der Waals surface area contributed by atoms with Crippen LogP contribution in [0.2, 0.25) is 0 Å². The molecular formula is C23H23F3N4OS. The zero-order valence-corrected chi connectivity index (χ0v) is 18.4. The van der Waals surface area contributed by atoms with E-state index in [0.717, 1.165) is 70.8 Å². The van der Waals surface area contributed by atoms with Crippen molar-refractivity contribution in [3.8, 4) is 5.75 Å². The van der Waals surface area contributed by atoms with Gasteiger partial charge in [-0.2, -0.15) is 18.3 Å². The van der Waals surface area contributed by atoms with Gasteiger partial charge in [-0.25, -0.2) is 9.67 Å². The Balaban J connectivity index is 1.25. The van der Waals surface area contributed by atoms with Crippen molar-refractivity contribution in [1.82, 2.24) is 19.7 Å². The van der Waals surface area contributed by atoms with Gasteiger partial charge in [0, 0.05) is 29.2 Å². The van der Waals surface area contributed by atoms with Crippen molar-refractivity contribution >= 4 is 33.7 Å². The quantitative estimate of drug-likeness (QED) is 0.215. The molecule has 0 saturated heterocycles. The summed E-state index contributed by atoms with van der Waals surface area (Å²) < 4.78 is 46.5. The fourth-order valence-corrected chi connectivity index (χ4v) is 4.53. The third-order valence-corrected chi connectivity index (χ3v) is 6.29. The Labute approximate surface area is 188 Å². The Morgan fingerprint density at radius 1 is 1.00 bits per heavy atom. The number of aryl methyl sites for hydroxylation is 1. The van der Waals surface area contributed by atoms with E-state index >= 15 is 0 Å². The summed E-state index contributed by atoms with van der Waals surface area (Å²) in [6.45, 7) is 3.39. The molecule has 0 atom stereocenters. The summed E-state index contributed by atoms with van der Waals surface area (Å²) in [7, 11) is 0. The Hall–Kier alpha value is -2.81. The van der Waals surface area contributed by atoms with E-state index in [-0.39, 0.29) is 0 Å². The van der Waals surface area contributed by atoms with Crippen LogP contribution in [0.25, 0.3) is 21.9 Å². The maximum Gasteiger partial charge on any atom is 0.416 e. The zero-order valence-electron chi connectivity index (χ0n) is 17.6. The molecule has 0 unspecified atom stereocenters. The van der Waals surface area contributed by atoms with Gasteiger partial charge in [-0.3, -0.25) is 4.98 Å². The first kappa shape index (κ1) is 22.4. The highest BCUT2D eigenvalue weighted by atomic mass is 32.2. The summed E-state index contributed by atoms with van der Waals surface area (Å²) in [6.07, 6.45) is 3.62. The molecule has 3 heterocycles. The van der Waals surface area contributed by atoms with Gasteiger partial charge in [0.25, 0.3) is 0 Å². The molecule has 0 aliphatic carbocycles. The zero-order chi connectivity index (χ0) is 22.6. The highest BCUT2D eigenvalue weighted by molar-refractivity contribution is 7.99. The third kappa shape index (κ3) is 4.98. The summed E-state index contributed by atoms with van der Waals surface area (Å²) in [4.78, 5) is 9.42. The van der Waals surface area contributed by atoms with Crippen molar-refractivity contribution in [1.29, 1.82) is 0 Å². The number of pyridine rings is 2. The van der Waals surface area contributed by atoms with Crippen LogP contribution >= 0.6 is 11.8 Å². The molecule has 0 bridgehead atoms. The minimum atomic E-state index is -4.36. The molecule has 0 aliphatic heterocycles. The second-order valence-electron chi connectivity index (χ2n) is 7.30. The van der Waals surface area contributed by atoms with Crippen LogP contribution in [0.5, 0.6) is 5.75 Å². The van der Waals surface area contributed by atoms with Gasteiger partial charge in [0.05, 0.1) is 29.3 Å². The number of halogens is 3. The summed E-state index contributed by atoms with van der Waals surface area (Å²) in [5.41, 5.74) is 0.523. The number of hydrogen-bond donors (Lipinski definition) is 0. The number of fused-ring (bicyclic) bond motifs is 2. The van der Waals surface area contributed by atoms with Crippen molar-refractivity contribution in [2.24, 2.45) is 0 Å². The predicted octanol–water partition coefficient (Wildman–Crippen LogP) is 6.36. The molecule has 0 radical (unpaired) electrons. The largest absolute Gasteiger partial charge is 0.493 e. The maximum absolute atomic E-state index is 12.9. The van der Waals surface area contributed by atoms with Gasteiger partial charge in [-0.15, -0.1) is 11.8 Å². The monoisotopic (exact) mass is 460 g/mol. The van der Waals surface area contributed by atoms with Gasteiger partial charge in [-0.05, 0) is 56.2 Å². The lowest BCUT2D eigenvalue weighted by Crippen LogP contribution is -2.04. The summed E-state index contributed by atoms with van der Waals surface area (Å²) in [5.74, 6) is 1.67. The van der Waals surface area contributed by atoms with E-state index < -0.39 is 11.7 Å². The third-order valence-electron chi connectivity index (χ3n) is 5.13. The fraction of sp³-hybridized carbons (Fsp3) is 0.348. The van der Waals surface area contributed by atoms with Crippen LogP contribution in [-0.4, -0.2) is 32.1 Å². The Kier molecular flexibility index (Phi) is 6.83. The number of thioether (sulfide) groups is 1. The topological polar surface area (TPSA) is 52.8 Å². The first-order valence-corrected chi connectivity index (χ1v) is 11.5. The molecule has 168 valence electrons. The number of aromatic nitrogens is 4. The lowest BCUT2D eigenvalue weighted by Gasteiger charge is -2.10. The first-order chi connectivity index (χ1) is 15.5. The van der Waals surface area contributed by atoms with Crippen molar-refractivity contribution in [2.45, 2.75) is 43.8 Å². The highest BCUT2D eigenvalue weighted by Gasteiger charge is 2.30. The van der Waals surface area contributed by atoms with Gasteiger partial charge in [0.15, 0.2) is 5.65 Å². The molecule has 1 aromatic carbocycles. The van der Waals surface area contributed by atoms with Crippen LogP contribution in [0.15, 0.2) is 53.8 Å². The molecule has 4 aromatic rings. The molecule has 0 aliphatic rings. The van der Waals surface area contributed by atoms with Crippen LogP contribution < -0.4 is 4.74 Å². The minimum absolute atomic E-state index is 0.369. The number of nitrogens with zero attached hydrogens (tertiary/aromatic N) is 4. The second kappa shape index (κ2) is 9.77. The molecular weight excluding hydrogens is 437 g/mol. The van der Waals surface area contributed by atoms with E-state index in [4.69, 9.17) is 4.74 Å². The molecule has 4 rings (SSSR count). The van der Waals surface area contributed by atoms with Gasteiger partial charge in [0.1, 0.15) is 5.75 Å². The second-order valence-corrected chi connectivity index (χ2v) is 8.44. The van der Waals surface area contributed by atoms with Crippen molar-refractivity contribution in [3.05, 3.63) is 54.5 Å². The van der Waals surface area contributed by atoms with Gasteiger partial charge in [-0.1, -0.05) is 6.07 Å². The first-order valence-electron chi connectivity index (χ1n) is 10.5. The number of hydrogen-bond acceptors (Lipinski definition) is 5. The van der Waals surface area contributed by atoms with Crippen LogP contribution in [0.1, 0.15) is 31.7 Å². The van der Waals surface area contributed by atoms with E-state index in [1.807, 2.05) is 23.7 Å². The van der Waals surface area contributed by atoms with Crippen LogP contribution in [0.3, 0.4) is 0 Å². The molecule has 0 spiro atoms. The Morgan fingerprint density at radius 3 is 2.66 bits per heavy atom. The minimum Gasteiger partial charge on any atom is -0.493 e. The van der Waals surface area contributed by atoms with E-state index in [0.29, 0.717) is 12.1 Å². The van der Waals surface area contributed by atoms with E-state index in [2.05, 4.69) is 15.1 Å². The molecule has 0 N–H and O–H groups in total. The molecule has 0 amide bonds. The number of rotatable bonds is 9. The van der Waals surface area contributed by atoms with Gasteiger partial charge < -0.3 is 4.74 Å². The summed E-state index contributed by atoms with van der Waals surface area (Å²) in [5, 5.41) is 5.99. The lowest BCUT2D eigenvalue weighted by molar-refractivity contribution is -0.137. The van der Waals surface area contributed by atoms with Crippen LogP contribution in [0.4, 0.5) is 13.2 Å². The van der Waals surface area contributed by atoms with Crippen molar-refractivity contribution < 1.29 is 17.9 Å². The SMILES string of the molecule is CCn1ncc2c(OCCCCCSc3ccnc4cc(C(F)(F)F)ccc34)ccnc21. The average Bonchev–Trinajstić information content (AvgIpc) is 3.21. The molecule has 9 heteroatoms. The van der Waals surface area contributed by atoms with E-state index in [1.54, 1.807) is 30.4 Å². The van der Waals surface area contributed by atoms with Crippen LogP contribution in [0, 0.1) is 0 Å². The van der Waals surface area contributed by atoms with Crippen molar-refractivity contribution in [3.63, 3.8) is 0 Å². The Bertz CT molecular complexity index is 1210. The summed E-state index contributed by atoms with van der Waals surface area (Å²) in [6, 6.07) is 7.45. The van der Waals surface area contributed by atoms with E-state index in [1.165, 1.54) is 6.07 Å². The highest BCUT2D eigenvalue weighted by Crippen LogP contribution is 2.34. The number of alkyl halides is 3. The standard InChI is InChI=1S/C23H23F3N4OS/c1-2-30-22-18(15-29-30)20(8-10-28-22)31-12-4-3-5-13-32-21-9-11-27-19-14-16(23(24,25)26)6-7-17(19)21/h6-11,14-15H,2-5,12-13H2,1H3. The van der Waals surface area contributed by atoms with Gasteiger partial charge in [0.2, 0.25) is 0 Å². The Morgan fingerprint density at radius 2 is 1.84 bits per heavy atom. The normalized spacial score (nSPS) is 12.0. The summed E-state index contributed by atoms with van der Waals surface area (Å²) >= 11 is 1.64. The van der Waals surface area contributed by atoms with Crippen LogP contribution in [-0.2, 0) is 12.7 Å². The maximum atomic E-state index is 12.9. The van der Waals surface area contributed by atoms with Crippen molar-refractivity contribution in [2.75, 3.05) is 12.4 Å². The fourth-order valence-electron chi connectivity index (χ4n) is 3.48. The number of unbranched alkanes of at least 4 members (excludes halogenated alkanes) is 2. The van der Waals surface area contributed by atoms with E-state index in [9.17, 15) is 13.2 Å². The molecule has 0 fully saturated rings. The molecule has 32 heavy (non-hydrogen) atoms. The number of ether oxygens (including phenoxy) is 1.